The lowest BCUT2D eigenvalue weighted by molar-refractivity contribution is 0.195. The number of halogens is 3. The number of benzene rings is 3. The average molecular weight is 431 g/mol. The molecule has 0 bridgehead atoms. The van der Waals surface area contributed by atoms with Gasteiger partial charge in [0.15, 0.2) is 11.6 Å². The van der Waals surface area contributed by atoms with Crippen molar-refractivity contribution in [3.63, 3.8) is 0 Å². The predicted octanol–water partition coefficient (Wildman–Crippen LogP) is 6.30. The van der Waals surface area contributed by atoms with Crippen LogP contribution < -0.4 is 0 Å². The van der Waals surface area contributed by atoms with Gasteiger partial charge in [0.2, 0.25) is 0 Å². The number of aromatic nitrogens is 1. The Hall–Kier alpha value is -3.62. The van der Waals surface area contributed by atoms with Crippen molar-refractivity contribution in [3.05, 3.63) is 101 Å². The zero-order chi connectivity index (χ0) is 22.5. The summed E-state index contributed by atoms with van der Waals surface area (Å²) in [6.07, 6.45) is 3.59. The van der Waals surface area contributed by atoms with Crippen molar-refractivity contribution in [1.82, 2.24) is 4.98 Å². The molecule has 3 aromatic carbocycles. The van der Waals surface area contributed by atoms with E-state index in [1.807, 2.05) is 12.1 Å². The second-order valence-electron chi connectivity index (χ2n) is 7.39. The summed E-state index contributed by atoms with van der Waals surface area (Å²) in [5, 5.41) is 0.714. The Morgan fingerprint density at radius 1 is 0.875 bits per heavy atom. The molecule has 1 aromatic heterocycles. The molecule has 0 atom stereocenters. The molecule has 0 aliphatic rings. The molecule has 0 N–H and O–H groups in total. The first kappa shape index (κ1) is 21.6. The maximum absolute atomic E-state index is 14.6. The van der Waals surface area contributed by atoms with Crippen LogP contribution in [0.15, 0.2) is 66.9 Å². The van der Waals surface area contributed by atoms with Crippen LogP contribution in [0.4, 0.5) is 13.2 Å². The Morgan fingerprint density at radius 3 is 2.50 bits per heavy atom. The molecule has 32 heavy (non-hydrogen) atoms. The first-order valence-corrected chi connectivity index (χ1v) is 10.2. The number of ether oxygens (including phenoxy) is 1. The van der Waals surface area contributed by atoms with E-state index in [9.17, 15) is 13.2 Å². The van der Waals surface area contributed by atoms with Gasteiger partial charge in [-0.2, -0.15) is 0 Å². The van der Waals surface area contributed by atoms with Crippen molar-refractivity contribution in [3.8, 4) is 23.1 Å². The monoisotopic (exact) mass is 431 g/mol. The van der Waals surface area contributed by atoms with E-state index in [0.29, 0.717) is 28.8 Å². The van der Waals surface area contributed by atoms with Crippen LogP contribution in [0.1, 0.15) is 23.1 Å². The first-order valence-electron chi connectivity index (χ1n) is 10.2. The topological polar surface area (TPSA) is 22.1 Å². The third-order valence-electron chi connectivity index (χ3n) is 5.15. The summed E-state index contributed by atoms with van der Waals surface area (Å²) >= 11 is 0. The molecule has 160 valence electrons. The molecule has 0 spiro atoms. The van der Waals surface area contributed by atoms with Gasteiger partial charge in [0, 0.05) is 36.4 Å². The lowest BCUT2D eigenvalue weighted by atomic mass is 10.0. The minimum atomic E-state index is -0.895. The molecule has 4 rings (SSSR count). The number of hydrogen-bond donors (Lipinski definition) is 0. The molecule has 0 aliphatic heterocycles. The van der Waals surface area contributed by atoms with E-state index in [4.69, 9.17) is 4.74 Å². The maximum Gasteiger partial charge on any atom is 0.166 e. The maximum atomic E-state index is 14.6. The third-order valence-corrected chi connectivity index (χ3v) is 5.15. The van der Waals surface area contributed by atoms with Crippen molar-refractivity contribution in [2.75, 3.05) is 13.7 Å². The fourth-order valence-electron chi connectivity index (χ4n) is 3.42. The van der Waals surface area contributed by atoms with Crippen LogP contribution >= 0.6 is 0 Å². The molecular weight excluding hydrogens is 411 g/mol. The van der Waals surface area contributed by atoms with Crippen LogP contribution in [-0.4, -0.2) is 18.7 Å². The molecule has 0 radical (unpaired) electrons. The number of nitrogens with zero attached hydrogens (tertiary/aromatic N) is 1. The number of fused-ring (bicyclic) bond motifs is 1. The molecule has 5 heteroatoms. The number of rotatable bonds is 5. The van der Waals surface area contributed by atoms with Crippen LogP contribution in [-0.2, 0) is 11.2 Å². The van der Waals surface area contributed by atoms with E-state index in [-0.39, 0.29) is 10.9 Å². The highest BCUT2D eigenvalue weighted by atomic mass is 19.2. The summed E-state index contributed by atoms with van der Waals surface area (Å²) < 4.78 is 46.9. The van der Waals surface area contributed by atoms with Crippen LogP contribution in [0.5, 0.6) is 0 Å². The molecule has 0 fully saturated rings. The number of pyridine rings is 1. The molecule has 4 aromatic rings. The second kappa shape index (κ2) is 9.67. The normalized spacial score (nSPS) is 10.8. The highest BCUT2D eigenvalue weighted by molar-refractivity contribution is 5.84. The van der Waals surface area contributed by atoms with Gasteiger partial charge in [-0.25, -0.2) is 13.2 Å². The van der Waals surface area contributed by atoms with Crippen molar-refractivity contribution in [1.29, 1.82) is 0 Å². The third kappa shape index (κ3) is 4.82. The summed E-state index contributed by atoms with van der Waals surface area (Å²) in [6, 6.07) is 15.9. The minimum absolute atomic E-state index is 0.184. The van der Waals surface area contributed by atoms with Gasteiger partial charge in [0.1, 0.15) is 5.82 Å². The second-order valence-corrected chi connectivity index (χ2v) is 7.39. The Labute approximate surface area is 184 Å². The van der Waals surface area contributed by atoms with Gasteiger partial charge in [-0.3, -0.25) is 4.98 Å². The van der Waals surface area contributed by atoms with Crippen molar-refractivity contribution in [2.45, 2.75) is 12.8 Å². The number of aryl methyl sites for hydroxylation is 1. The number of hydrogen-bond acceptors (Lipinski definition) is 2. The largest absolute Gasteiger partial charge is 0.385 e. The zero-order valence-corrected chi connectivity index (χ0v) is 17.5. The zero-order valence-electron chi connectivity index (χ0n) is 17.5. The summed E-state index contributed by atoms with van der Waals surface area (Å²) in [5.74, 6) is 3.47. The van der Waals surface area contributed by atoms with Crippen molar-refractivity contribution >= 4 is 10.8 Å². The average Bonchev–Trinajstić information content (AvgIpc) is 2.81. The van der Waals surface area contributed by atoms with E-state index in [2.05, 4.69) is 16.8 Å². The van der Waals surface area contributed by atoms with Crippen molar-refractivity contribution < 1.29 is 17.9 Å². The van der Waals surface area contributed by atoms with Crippen LogP contribution in [0.2, 0.25) is 0 Å². The van der Waals surface area contributed by atoms with E-state index in [1.54, 1.807) is 37.6 Å². The Kier molecular flexibility index (Phi) is 6.53. The first-order chi connectivity index (χ1) is 15.5. The van der Waals surface area contributed by atoms with Crippen LogP contribution in [0, 0.1) is 29.3 Å². The fraction of sp³-hybridized carbons (Fsp3) is 0.148. The Morgan fingerprint density at radius 2 is 1.75 bits per heavy atom. The molecule has 2 nitrogen and oxygen atoms in total. The van der Waals surface area contributed by atoms with Gasteiger partial charge in [-0.05, 0) is 60.2 Å². The SMILES string of the molecule is COCCCc1ccc(-c2ccc(C#Cc3ccc4c(F)c(F)ccc4c3)c(F)c2)nc1. The molecular formula is C27H20F3NO. The van der Waals surface area contributed by atoms with E-state index in [0.717, 1.165) is 24.5 Å². The molecule has 0 amide bonds. The molecule has 0 saturated heterocycles. The highest BCUT2D eigenvalue weighted by Crippen LogP contribution is 2.22. The van der Waals surface area contributed by atoms with E-state index >= 15 is 0 Å². The Balaban J connectivity index is 1.53. The van der Waals surface area contributed by atoms with Gasteiger partial charge < -0.3 is 4.74 Å². The Bertz CT molecular complexity index is 1320. The van der Waals surface area contributed by atoms with Gasteiger partial charge in [-0.1, -0.05) is 36.1 Å². The quantitative estimate of drug-likeness (QED) is 0.273. The van der Waals surface area contributed by atoms with Crippen molar-refractivity contribution in [2.24, 2.45) is 0 Å². The summed E-state index contributed by atoms with van der Waals surface area (Å²) in [5.41, 5.74) is 3.28. The summed E-state index contributed by atoms with van der Waals surface area (Å²) in [6.45, 7) is 0.699. The lowest BCUT2D eigenvalue weighted by Gasteiger charge is -2.05. The molecule has 0 aliphatic carbocycles. The summed E-state index contributed by atoms with van der Waals surface area (Å²) in [4.78, 5) is 4.43. The van der Waals surface area contributed by atoms with E-state index in [1.165, 1.54) is 18.2 Å². The summed E-state index contributed by atoms with van der Waals surface area (Å²) in [7, 11) is 1.68. The van der Waals surface area contributed by atoms with Gasteiger partial charge in [-0.15, -0.1) is 0 Å². The smallest absolute Gasteiger partial charge is 0.166 e. The fourth-order valence-corrected chi connectivity index (χ4v) is 3.42. The van der Waals surface area contributed by atoms with Crippen LogP contribution in [0.25, 0.3) is 22.0 Å². The van der Waals surface area contributed by atoms with Gasteiger partial charge >= 0.3 is 0 Å². The lowest BCUT2D eigenvalue weighted by Crippen LogP contribution is -1.94. The highest BCUT2D eigenvalue weighted by Gasteiger charge is 2.08. The number of methoxy groups -OCH3 is 1. The molecule has 0 unspecified atom stereocenters. The predicted molar refractivity (Wildman–Crippen MR) is 120 cm³/mol. The molecule has 0 saturated carbocycles. The minimum Gasteiger partial charge on any atom is -0.385 e. The van der Waals surface area contributed by atoms with E-state index < -0.39 is 17.5 Å². The van der Waals surface area contributed by atoms with Crippen LogP contribution in [0.3, 0.4) is 0 Å². The van der Waals surface area contributed by atoms with Gasteiger partial charge in [0.25, 0.3) is 0 Å². The standard InChI is InChI=1S/C27H20F3NO/c1-32-14-2-3-19-6-13-26(31-17-19)22-9-8-20(25(29)16-22)7-4-18-5-11-23-21(15-18)10-12-24(28)27(23)30/h5-6,8-13,15-17H,2-3,14H2,1H3. The molecule has 1 heterocycles. The van der Waals surface area contributed by atoms with Gasteiger partial charge in [0.05, 0.1) is 11.3 Å².